The monoisotopic (exact) mass is 447 g/mol. The fourth-order valence-corrected chi connectivity index (χ4v) is 3.71. The van der Waals surface area contributed by atoms with Crippen LogP contribution in [0.3, 0.4) is 0 Å². The van der Waals surface area contributed by atoms with Gasteiger partial charge in [-0.3, -0.25) is 0 Å². The molecule has 0 aliphatic heterocycles. The van der Waals surface area contributed by atoms with Crippen molar-refractivity contribution in [2.24, 2.45) is 0 Å². The molecule has 3 nitrogen and oxygen atoms in total. The van der Waals surface area contributed by atoms with Gasteiger partial charge in [-0.2, -0.15) is 0 Å². The molecule has 0 atom stereocenters. The molecular weight excluding hydrogens is 433 g/mol. The van der Waals surface area contributed by atoms with Crippen LogP contribution in [0.15, 0.2) is 39.3 Å². The van der Waals surface area contributed by atoms with Crippen molar-refractivity contribution < 1.29 is 9.47 Å². The van der Waals surface area contributed by atoms with E-state index in [1.807, 2.05) is 37.3 Å². The first-order chi connectivity index (χ1) is 10.5. The van der Waals surface area contributed by atoms with Gasteiger partial charge >= 0.3 is 0 Å². The van der Waals surface area contributed by atoms with E-state index >= 15 is 0 Å². The van der Waals surface area contributed by atoms with E-state index in [0.29, 0.717) is 23.9 Å². The minimum absolute atomic E-state index is 0.577. The summed E-state index contributed by atoms with van der Waals surface area (Å²) in [5, 5.41) is 3.92. The Balaban J connectivity index is 2.19. The van der Waals surface area contributed by atoms with Gasteiger partial charge in [0.15, 0.2) is 0 Å². The van der Waals surface area contributed by atoms with E-state index in [2.05, 4.69) is 37.2 Å². The largest absolute Gasteiger partial charge is 0.495 e. The molecule has 118 valence electrons. The highest BCUT2D eigenvalue weighted by atomic mass is 79.9. The minimum atomic E-state index is 0.577. The van der Waals surface area contributed by atoms with Crippen molar-refractivity contribution in [1.82, 2.24) is 0 Å². The maximum Gasteiger partial charge on any atom is 0.138 e. The molecule has 0 aromatic heterocycles. The third-order valence-corrected chi connectivity index (χ3v) is 4.35. The fraction of sp³-hybridized carbons (Fsp3) is 0.250. The van der Waals surface area contributed by atoms with E-state index in [-0.39, 0.29) is 0 Å². The number of methoxy groups -OCH3 is 1. The van der Waals surface area contributed by atoms with Crippen LogP contribution in [0.4, 0.5) is 5.69 Å². The molecule has 0 aliphatic carbocycles. The Morgan fingerprint density at radius 1 is 1.18 bits per heavy atom. The standard InChI is InChI=1S/C16H16Br2ClNO2/c1-3-22-16-10(6-11(17)7-13(16)18)9-20-12-4-5-15(21-2)14(19)8-12/h4-8,20H,3,9H2,1-2H3. The van der Waals surface area contributed by atoms with Crippen molar-refractivity contribution in [2.45, 2.75) is 13.5 Å². The van der Waals surface area contributed by atoms with Crippen LogP contribution < -0.4 is 14.8 Å². The molecule has 2 aromatic rings. The van der Waals surface area contributed by atoms with E-state index in [4.69, 9.17) is 21.1 Å². The molecule has 0 saturated heterocycles. The van der Waals surface area contributed by atoms with Crippen LogP contribution in [0.1, 0.15) is 12.5 Å². The number of halogens is 3. The van der Waals surface area contributed by atoms with Gasteiger partial charge in [0.25, 0.3) is 0 Å². The summed E-state index contributed by atoms with van der Waals surface area (Å²) in [6.07, 6.45) is 0. The van der Waals surface area contributed by atoms with E-state index in [1.54, 1.807) is 7.11 Å². The zero-order valence-electron chi connectivity index (χ0n) is 12.3. The van der Waals surface area contributed by atoms with Gasteiger partial charge < -0.3 is 14.8 Å². The predicted molar refractivity (Wildman–Crippen MR) is 98.3 cm³/mol. The first-order valence-corrected chi connectivity index (χ1v) is 8.69. The lowest BCUT2D eigenvalue weighted by molar-refractivity contribution is 0.334. The Labute approximate surface area is 152 Å². The second-order valence-corrected chi connectivity index (χ2v) is 6.69. The van der Waals surface area contributed by atoms with Gasteiger partial charge in [-0.1, -0.05) is 27.5 Å². The molecule has 2 rings (SSSR count). The molecule has 0 saturated carbocycles. The molecule has 1 N–H and O–H groups in total. The molecule has 6 heteroatoms. The Hall–Kier alpha value is -0.910. The van der Waals surface area contributed by atoms with Gasteiger partial charge in [-0.05, 0) is 53.2 Å². The topological polar surface area (TPSA) is 30.5 Å². The third kappa shape index (κ3) is 4.31. The second-order valence-electron chi connectivity index (χ2n) is 4.51. The number of hydrogen-bond donors (Lipinski definition) is 1. The smallest absolute Gasteiger partial charge is 0.138 e. The van der Waals surface area contributed by atoms with Gasteiger partial charge in [0, 0.05) is 22.3 Å². The van der Waals surface area contributed by atoms with Crippen molar-refractivity contribution in [3.05, 3.63) is 49.9 Å². The maximum atomic E-state index is 6.14. The van der Waals surface area contributed by atoms with E-state index in [0.717, 1.165) is 25.9 Å². The summed E-state index contributed by atoms with van der Waals surface area (Å²) in [5.41, 5.74) is 1.97. The molecule has 0 radical (unpaired) electrons. The molecule has 0 bridgehead atoms. The summed E-state index contributed by atoms with van der Waals surface area (Å²) in [4.78, 5) is 0. The van der Waals surface area contributed by atoms with Gasteiger partial charge in [0.05, 0.1) is 23.2 Å². The van der Waals surface area contributed by atoms with Crippen LogP contribution in [0.2, 0.25) is 5.02 Å². The second kappa shape index (κ2) is 8.09. The Bertz CT molecular complexity index is 665. The molecule has 0 unspecified atom stereocenters. The maximum absolute atomic E-state index is 6.14. The highest BCUT2D eigenvalue weighted by Crippen LogP contribution is 2.34. The van der Waals surface area contributed by atoms with Gasteiger partial charge in [-0.15, -0.1) is 0 Å². The molecular formula is C16H16Br2ClNO2. The summed E-state index contributed by atoms with van der Waals surface area (Å²) >= 11 is 13.2. The SMILES string of the molecule is CCOc1c(Br)cc(Br)cc1CNc1ccc(OC)c(Cl)c1. The molecule has 22 heavy (non-hydrogen) atoms. The number of hydrogen-bond acceptors (Lipinski definition) is 3. The number of benzene rings is 2. The lowest BCUT2D eigenvalue weighted by Gasteiger charge is -2.15. The zero-order chi connectivity index (χ0) is 16.1. The predicted octanol–water partition coefficient (Wildman–Crippen LogP) is 5.88. The van der Waals surface area contributed by atoms with Crippen molar-refractivity contribution in [3.8, 4) is 11.5 Å². The van der Waals surface area contributed by atoms with Crippen molar-refractivity contribution >= 4 is 49.1 Å². The highest BCUT2D eigenvalue weighted by molar-refractivity contribution is 9.11. The summed E-state index contributed by atoms with van der Waals surface area (Å²) in [6, 6.07) is 9.61. The van der Waals surface area contributed by atoms with Crippen LogP contribution in [0.25, 0.3) is 0 Å². The van der Waals surface area contributed by atoms with Crippen LogP contribution in [-0.2, 0) is 6.54 Å². The summed E-state index contributed by atoms with van der Waals surface area (Å²) in [6.45, 7) is 3.20. The molecule has 2 aromatic carbocycles. The van der Waals surface area contributed by atoms with Crippen molar-refractivity contribution in [2.75, 3.05) is 19.0 Å². The normalized spacial score (nSPS) is 10.4. The van der Waals surface area contributed by atoms with Crippen LogP contribution >= 0.6 is 43.5 Å². The van der Waals surface area contributed by atoms with E-state index in [9.17, 15) is 0 Å². The zero-order valence-corrected chi connectivity index (χ0v) is 16.2. The van der Waals surface area contributed by atoms with Gasteiger partial charge in [-0.25, -0.2) is 0 Å². The molecule has 0 spiro atoms. The first-order valence-electron chi connectivity index (χ1n) is 6.73. The van der Waals surface area contributed by atoms with Crippen LogP contribution in [0.5, 0.6) is 11.5 Å². The van der Waals surface area contributed by atoms with Crippen molar-refractivity contribution in [1.29, 1.82) is 0 Å². The quantitative estimate of drug-likeness (QED) is 0.597. The lowest BCUT2D eigenvalue weighted by atomic mass is 10.2. The van der Waals surface area contributed by atoms with Crippen LogP contribution in [-0.4, -0.2) is 13.7 Å². The first kappa shape index (κ1) is 17.4. The Kier molecular flexibility index (Phi) is 6.41. The van der Waals surface area contributed by atoms with Gasteiger partial charge in [0.1, 0.15) is 11.5 Å². The third-order valence-electron chi connectivity index (χ3n) is 3.01. The highest BCUT2D eigenvalue weighted by Gasteiger charge is 2.10. The molecule has 0 heterocycles. The lowest BCUT2D eigenvalue weighted by Crippen LogP contribution is -2.04. The fourth-order valence-electron chi connectivity index (χ4n) is 2.02. The number of ether oxygens (including phenoxy) is 2. The molecule has 0 amide bonds. The molecule has 0 aliphatic rings. The summed E-state index contributed by atoms with van der Waals surface area (Å²) < 4.78 is 12.8. The average molecular weight is 450 g/mol. The number of rotatable bonds is 6. The minimum Gasteiger partial charge on any atom is -0.495 e. The molecule has 0 fully saturated rings. The summed E-state index contributed by atoms with van der Waals surface area (Å²) in [5.74, 6) is 1.50. The van der Waals surface area contributed by atoms with E-state index in [1.165, 1.54) is 0 Å². The van der Waals surface area contributed by atoms with Crippen LogP contribution in [0, 0.1) is 0 Å². The Morgan fingerprint density at radius 2 is 1.95 bits per heavy atom. The van der Waals surface area contributed by atoms with E-state index < -0.39 is 0 Å². The summed E-state index contributed by atoms with van der Waals surface area (Å²) in [7, 11) is 1.60. The Morgan fingerprint density at radius 3 is 2.59 bits per heavy atom. The average Bonchev–Trinajstić information content (AvgIpc) is 2.48. The van der Waals surface area contributed by atoms with Gasteiger partial charge in [0.2, 0.25) is 0 Å². The van der Waals surface area contributed by atoms with Crippen molar-refractivity contribution in [3.63, 3.8) is 0 Å². The number of nitrogens with one attached hydrogen (secondary N) is 1. The number of anilines is 1.